The molecule has 0 unspecified atom stereocenters. The minimum absolute atomic E-state index is 0.157. The van der Waals surface area contributed by atoms with Gasteiger partial charge in [0.1, 0.15) is 15.7 Å². The molecule has 2 amide bonds. The fourth-order valence-electron chi connectivity index (χ4n) is 2.66. The molecule has 3 aromatic rings. The summed E-state index contributed by atoms with van der Waals surface area (Å²) in [4.78, 5) is 35.1. The molecule has 0 aliphatic heterocycles. The maximum absolute atomic E-state index is 12.2. The molecular formula is C19H15N3O5S. The van der Waals surface area contributed by atoms with Crippen LogP contribution in [0, 0.1) is 17.0 Å². The Balaban J connectivity index is 1.85. The van der Waals surface area contributed by atoms with E-state index in [-0.39, 0.29) is 11.3 Å². The third kappa shape index (κ3) is 3.99. The highest BCUT2D eigenvalue weighted by Gasteiger charge is 2.22. The molecule has 0 saturated heterocycles. The van der Waals surface area contributed by atoms with Crippen molar-refractivity contribution in [3.05, 3.63) is 74.9 Å². The van der Waals surface area contributed by atoms with Crippen LogP contribution in [0.15, 0.2) is 53.0 Å². The summed E-state index contributed by atoms with van der Waals surface area (Å²) >= 11 is 1.24. The fourth-order valence-corrected chi connectivity index (χ4v) is 3.75. The van der Waals surface area contributed by atoms with Crippen LogP contribution in [0.2, 0.25) is 0 Å². The second-order valence-corrected chi connectivity index (χ2v) is 6.95. The van der Waals surface area contributed by atoms with Crippen LogP contribution in [0.25, 0.3) is 17.2 Å². The van der Waals surface area contributed by atoms with Gasteiger partial charge in [-0.1, -0.05) is 30.3 Å². The van der Waals surface area contributed by atoms with E-state index in [1.165, 1.54) is 29.5 Å². The maximum atomic E-state index is 12.2. The lowest BCUT2D eigenvalue weighted by molar-refractivity contribution is -0.402. The third-order valence-electron chi connectivity index (χ3n) is 3.82. The number of thiophene rings is 1. The molecule has 3 N–H and O–H groups in total. The van der Waals surface area contributed by atoms with E-state index in [2.05, 4.69) is 5.32 Å². The number of nitrogens with two attached hydrogens (primary N) is 1. The molecule has 0 saturated carbocycles. The van der Waals surface area contributed by atoms with Crippen molar-refractivity contribution >= 4 is 40.1 Å². The van der Waals surface area contributed by atoms with Gasteiger partial charge in [-0.2, -0.15) is 0 Å². The molecule has 2 aromatic heterocycles. The number of aryl methyl sites for hydroxylation is 1. The number of hydrogen-bond acceptors (Lipinski definition) is 6. The van der Waals surface area contributed by atoms with Crippen molar-refractivity contribution < 1.29 is 18.9 Å². The van der Waals surface area contributed by atoms with Crippen LogP contribution >= 0.6 is 11.3 Å². The van der Waals surface area contributed by atoms with Crippen molar-refractivity contribution in [2.24, 2.45) is 5.73 Å². The summed E-state index contributed by atoms with van der Waals surface area (Å²) in [6.07, 6.45) is 2.45. The van der Waals surface area contributed by atoms with Gasteiger partial charge in [-0.15, -0.1) is 11.3 Å². The molecule has 0 aliphatic carbocycles. The first kappa shape index (κ1) is 19.1. The Bertz CT molecular complexity index is 1080. The Labute approximate surface area is 163 Å². The zero-order valence-electron chi connectivity index (χ0n) is 14.7. The van der Waals surface area contributed by atoms with Crippen LogP contribution in [0.4, 0.5) is 10.9 Å². The molecule has 0 bridgehead atoms. The van der Waals surface area contributed by atoms with Crippen LogP contribution in [-0.2, 0) is 4.79 Å². The number of primary amides is 1. The quantitative estimate of drug-likeness (QED) is 0.369. The zero-order valence-corrected chi connectivity index (χ0v) is 15.5. The Hall–Kier alpha value is -3.72. The lowest BCUT2D eigenvalue weighted by Crippen LogP contribution is -2.16. The van der Waals surface area contributed by atoms with Crippen LogP contribution in [0.3, 0.4) is 0 Å². The van der Waals surface area contributed by atoms with Crippen molar-refractivity contribution in [3.8, 4) is 11.1 Å². The predicted octanol–water partition coefficient (Wildman–Crippen LogP) is 3.98. The topological polar surface area (TPSA) is 128 Å². The van der Waals surface area contributed by atoms with Gasteiger partial charge in [-0.05, 0) is 24.6 Å². The van der Waals surface area contributed by atoms with Crippen molar-refractivity contribution in [1.29, 1.82) is 0 Å². The SMILES string of the molecule is Cc1sc(NC(=O)/C=C\c2ccc([N+](=O)[O-])o2)c(C(N)=O)c1-c1ccccc1. The van der Waals surface area contributed by atoms with Crippen LogP contribution in [0.1, 0.15) is 21.0 Å². The van der Waals surface area contributed by atoms with E-state index >= 15 is 0 Å². The lowest BCUT2D eigenvalue weighted by Gasteiger charge is -2.05. The molecule has 28 heavy (non-hydrogen) atoms. The number of rotatable bonds is 6. The zero-order chi connectivity index (χ0) is 20.3. The Morgan fingerprint density at radius 1 is 1.21 bits per heavy atom. The monoisotopic (exact) mass is 397 g/mol. The average Bonchev–Trinajstić information content (AvgIpc) is 3.25. The van der Waals surface area contributed by atoms with Crippen LogP contribution in [0.5, 0.6) is 0 Å². The molecular weight excluding hydrogens is 382 g/mol. The number of nitrogens with zero attached hydrogens (tertiary/aromatic N) is 1. The van der Waals surface area contributed by atoms with Gasteiger partial charge >= 0.3 is 5.88 Å². The molecule has 9 heteroatoms. The average molecular weight is 397 g/mol. The van der Waals surface area contributed by atoms with Gasteiger partial charge < -0.3 is 15.5 Å². The number of carbonyl (C=O) groups is 2. The number of anilines is 1. The number of hydrogen-bond donors (Lipinski definition) is 2. The highest BCUT2D eigenvalue weighted by atomic mass is 32.1. The van der Waals surface area contributed by atoms with Gasteiger partial charge in [0.05, 0.1) is 11.6 Å². The molecule has 2 heterocycles. The lowest BCUT2D eigenvalue weighted by atomic mass is 10.0. The van der Waals surface area contributed by atoms with Gasteiger partial charge in [0.15, 0.2) is 0 Å². The van der Waals surface area contributed by atoms with Gasteiger partial charge in [-0.3, -0.25) is 19.7 Å². The van der Waals surface area contributed by atoms with Crippen molar-refractivity contribution in [2.45, 2.75) is 6.92 Å². The largest absolute Gasteiger partial charge is 0.433 e. The van der Waals surface area contributed by atoms with Gasteiger partial charge in [0.2, 0.25) is 5.91 Å². The summed E-state index contributed by atoms with van der Waals surface area (Å²) in [6, 6.07) is 11.8. The van der Waals surface area contributed by atoms with E-state index in [0.29, 0.717) is 10.6 Å². The standard InChI is InChI=1S/C19H15N3O5S/c1-11-16(12-5-3-2-4-6-12)17(18(20)24)19(28-11)21-14(23)9-7-13-8-10-15(27-13)22(25)26/h2-10H,1H3,(H2,20,24)(H,21,23)/b9-7-. The molecule has 0 spiro atoms. The van der Waals surface area contributed by atoms with E-state index in [9.17, 15) is 19.7 Å². The molecule has 0 atom stereocenters. The molecule has 0 aliphatic rings. The van der Waals surface area contributed by atoms with E-state index < -0.39 is 22.6 Å². The van der Waals surface area contributed by atoms with E-state index in [4.69, 9.17) is 10.2 Å². The summed E-state index contributed by atoms with van der Waals surface area (Å²) in [7, 11) is 0. The number of nitrogens with one attached hydrogen (secondary N) is 1. The summed E-state index contributed by atoms with van der Waals surface area (Å²) in [5, 5.41) is 13.6. The van der Waals surface area contributed by atoms with Gasteiger partial charge in [0.25, 0.3) is 5.91 Å². The Kier molecular flexibility index (Phi) is 5.37. The molecule has 8 nitrogen and oxygen atoms in total. The smallest absolute Gasteiger partial charge is 0.401 e. The number of amides is 2. The first-order valence-electron chi connectivity index (χ1n) is 8.08. The molecule has 1 aromatic carbocycles. The number of nitro groups is 1. The summed E-state index contributed by atoms with van der Waals surface area (Å²) < 4.78 is 4.95. The normalized spacial score (nSPS) is 10.9. The third-order valence-corrected chi connectivity index (χ3v) is 4.84. The first-order chi connectivity index (χ1) is 13.4. The summed E-state index contributed by atoms with van der Waals surface area (Å²) in [6.45, 7) is 1.84. The molecule has 0 fully saturated rings. The van der Waals surface area contributed by atoms with E-state index in [1.807, 2.05) is 37.3 Å². The van der Waals surface area contributed by atoms with Crippen molar-refractivity contribution in [2.75, 3.05) is 5.32 Å². The second kappa shape index (κ2) is 7.89. The highest BCUT2D eigenvalue weighted by molar-refractivity contribution is 7.17. The van der Waals surface area contributed by atoms with Gasteiger partial charge in [0, 0.05) is 16.5 Å². The predicted molar refractivity (Wildman–Crippen MR) is 106 cm³/mol. The second-order valence-electron chi connectivity index (χ2n) is 5.72. The highest BCUT2D eigenvalue weighted by Crippen LogP contribution is 2.39. The van der Waals surface area contributed by atoms with E-state index in [0.717, 1.165) is 16.5 Å². The van der Waals surface area contributed by atoms with Crippen molar-refractivity contribution in [1.82, 2.24) is 0 Å². The summed E-state index contributed by atoms with van der Waals surface area (Å²) in [5.41, 5.74) is 7.30. The molecule has 0 radical (unpaired) electrons. The number of carbonyl (C=O) groups excluding carboxylic acids is 2. The van der Waals surface area contributed by atoms with Crippen molar-refractivity contribution in [3.63, 3.8) is 0 Å². The Morgan fingerprint density at radius 2 is 1.93 bits per heavy atom. The molecule has 142 valence electrons. The number of benzene rings is 1. The van der Waals surface area contributed by atoms with Crippen LogP contribution < -0.4 is 11.1 Å². The first-order valence-corrected chi connectivity index (χ1v) is 8.90. The fraction of sp³-hybridized carbons (Fsp3) is 0.0526. The minimum atomic E-state index is -0.671. The summed E-state index contributed by atoms with van der Waals surface area (Å²) in [5.74, 6) is -1.44. The number of furan rings is 1. The Morgan fingerprint density at radius 3 is 2.54 bits per heavy atom. The minimum Gasteiger partial charge on any atom is -0.401 e. The van der Waals surface area contributed by atoms with E-state index in [1.54, 1.807) is 0 Å². The van der Waals surface area contributed by atoms with Crippen LogP contribution in [-0.4, -0.2) is 16.7 Å². The maximum Gasteiger partial charge on any atom is 0.433 e. The van der Waals surface area contributed by atoms with Gasteiger partial charge in [-0.25, -0.2) is 0 Å². The molecule has 3 rings (SSSR count).